The Hall–Kier alpha value is -4.97. The molecule has 4 aromatic rings. The van der Waals surface area contributed by atoms with Crippen molar-refractivity contribution in [3.63, 3.8) is 0 Å². The van der Waals surface area contributed by atoms with Gasteiger partial charge in [0.15, 0.2) is 12.2 Å². The Morgan fingerprint density at radius 2 is 1.73 bits per heavy atom. The van der Waals surface area contributed by atoms with Crippen molar-refractivity contribution in [1.29, 1.82) is 0 Å². The predicted octanol–water partition coefficient (Wildman–Crippen LogP) is 5.26. The number of hydrogen-bond acceptors (Lipinski definition) is 7. The number of fused-ring (bicyclic) bond motifs is 4. The van der Waals surface area contributed by atoms with Gasteiger partial charge in [0.05, 0.1) is 46.0 Å². The summed E-state index contributed by atoms with van der Waals surface area (Å²) in [5, 5.41) is 14.7. The molecule has 2 N–H and O–H groups in total. The lowest BCUT2D eigenvalue weighted by Gasteiger charge is -2.39. The number of nitrogens with one attached hydrogen (secondary N) is 1. The van der Waals surface area contributed by atoms with E-state index < -0.39 is 19.8 Å². The first-order chi connectivity index (χ1) is 25.1. The van der Waals surface area contributed by atoms with Gasteiger partial charge in [-0.3, -0.25) is 19.3 Å². The maximum absolute atomic E-state index is 14.5. The number of rotatable bonds is 7. The van der Waals surface area contributed by atoms with Crippen molar-refractivity contribution in [2.24, 2.45) is 5.92 Å². The second-order valence-electron chi connectivity index (χ2n) is 14.9. The molecule has 10 nitrogen and oxygen atoms in total. The number of anilines is 3. The van der Waals surface area contributed by atoms with Gasteiger partial charge in [0.1, 0.15) is 11.5 Å². The van der Waals surface area contributed by atoms with Crippen LogP contribution in [0.2, 0.25) is 18.6 Å². The molecule has 3 amide bonds. The third-order valence-electron chi connectivity index (χ3n) is 11.8. The van der Waals surface area contributed by atoms with Crippen molar-refractivity contribution < 1.29 is 33.7 Å². The van der Waals surface area contributed by atoms with Crippen LogP contribution in [-0.2, 0) is 37.7 Å². The van der Waals surface area contributed by atoms with E-state index in [1.165, 1.54) is 0 Å². The predicted molar refractivity (Wildman–Crippen MR) is 200 cm³/mol. The number of benzene rings is 4. The van der Waals surface area contributed by atoms with Crippen LogP contribution in [0.25, 0.3) is 0 Å². The van der Waals surface area contributed by atoms with Crippen LogP contribution in [0.3, 0.4) is 0 Å². The molecule has 1 fully saturated rings. The van der Waals surface area contributed by atoms with Crippen molar-refractivity contribution in [2.45, 2.75) is 62.7 Å². The van der Waals surface area contributed by atoms with Gasteiger partial charge in [-0.2, -0.15) is 0 Å². The van der Waals surface area contributed by atoms with E-state index in [2.05, 4.69) is 43.5 Å². The average Bonchev–Trinajstić information content (AvgIpc) is 3.62. The van der Waals surface area contributed by atoms with Gasteiger partial charge < -0.3 is 29.5 Å². The average molecular weight is 718 g/mol. The van der Waals surface area contributed by atoms with Crippen molar-refractivity contribution in [2.75, 3.05) is 30.5 Å². The fraction of sp³-hybridized carbons (Fsp3) is 0.341. The summed E-state index contributed by atoms with van der Waals surface area (Å²) in [4.78, 5) is 45.6. The topological polar surface area (TPSA) is 118 Å². The van der Waals surface area contributed by atoms with Gasteiger partial charge in [-0.15, -0.1) is 0 Å². The molecule has 52 heavy (non-hydrogen) atoms. The third-order valence-corrected chi connectivity index (χ3v) is 16.2. The summed E-state index contributed by atoms with van der Waals surface area (Å²) >= 11 is 0. The van der Waals surface area contributed by atoms with Crippen LogP contribution in [-0.4, -0.2) is 68.3 Å². The molecule has 0 unspecified atom stereocenters. The molecule has 1 spiro atoms. The summed E-state index contributed by atoms with van der Waals surface area (Å²) in [7, 11) is -0.877. The number of hydrogen-bond donors (Lipinski definition) is 2. The first-order valence-corrected chi connectivity index (χ1v) is 20.9. The highest BCUT2D eigenvalue weighted by atomic mass is 28.3. The minimum atomic E-state index is -2.52. The monoisotopic (exact) mass is 717 g/mol. The van der Waals surface area contributed by atoms with Crippen LogP contribution in [0.15, 0.2) is 91.0 Å². The number of aliphatic hydroxyl groups excluding tert-OH is 1. The zero-order valence-electron chi connectivity index (χ0n) is 29.8. The number of aliphatic hydroxyl groups is 1. The second kappa shape index (κ2) is 12.9. The molecule has 4 aliphatic rings. The molecular formula is C41H43N3O7Si. The van der Waals surface area contributed by atoms with E-state index in [1.54, 1.807) is 16.9 Å². The highest BCUT2D eigenvalue weighted by Crippen LogP contribution is 2.59. The summed E-state index contributed by atoms with van der Waals surface area (Å²) in [5.41, 5.74) is 3.14. The summed E-state index contributed by atoms with van der Waals surface area (Å²) in [6.45, 7) is 6.77. The molecule has 0 radical (unpaired) electrons. The Bertz CT molecular complexity index is 2070. The summed E-state index contributed by atoms with van der Waals surface area (Å²) < 4.78 is 18.3. The number of carbonyl (C=O) groups is 3. The number of para-hydroxylation sites is 2. The smallest absolute Gasteiger partial charge is 0.269 e. The highest BCUT2D eigenvalue weighted by molar-refractivity contribution is 6.91. The molecule has 0 saturated carbocycles. The van der Waals surface area contributed by atoms with Crippen molar-refractivity contribution in [1.82, 2.24) is 4.90 Å². The van der Waals surface area contributed by atoms with Gasteiger partial charge in [-0.25, -0.2) is 0 Å². The van der Waals surface area contributed by atoms with E-state index in [-0.39, 0.29) is 54.9 Å². The Kier molecular flexibility index (Phi) is 8.47. The zero-order chi connectivity index (χ0) is 36.4. The van der Waals surface area contributed by atoms with E-state index in [1.807, 2.05) is 72.8 Å². The van der Waals surface area contributed by atoms with Crippen LogP contribution in [0.5, 0.6) is 11.5 Å². The molecule has 4 aliphatic heterocycles. The fourth-order valence-corrected chi connectivity index (χ4v) is 13.2. The van der Waals surface area contributed by atoms with Crippen LogP contribution in [0.1, 0.15) is 30.0 Å². The highest BCUT2D eigenvalue weighted by Gasteiger charge is 2.65. The van der Waals surface area contributed by atoms with E-state index in [0.29, 0.717) is 41.3 Å². The lowest BCUT2D eigenvalue weighted by molar-refractivity contribution is -0.149. The molecule has 1 saturated heterocycles. The van der Waals surface area contributed by atoms with Crippen molar-refractivity contribution in [3.8, 4) is 11.5 Å². The lowest BCUT2D eigenvalue weighted by atomic mass is 9.82. The molecule has 8 rings (SSSR count). The maximum Gasteiger partial charge on any atom is 0.269 e. The zero-order valence-corrected chi connectivity index (χ0v) is 30.8. The number of methoxy groups -OCH3 is 1. The number of amides is 3. The molecule has 0 aromatic heterocycles. The number of nitrogens with zero attached hydrogens (tertiary/aromatic N) is 2. The quantitative estimate of drug-likeness (QED) is 0.251. The minimum absolute atomic E-state index is 0.0552. The number of ether oxygens (including phenoxy) is 3. The molecule has 5 atom stereocenters. The third kappa shape index (κ3) is 5.32. The Morgan fingerprint density at radius 1 is 1.00 bits per heavy atom. The van der Waals surface area contributed by atoms with Crippen molar-refractivity contribution in [3.05, 3.63) is 108 Å². The molecule has 268 valence electrons. The second-order valence-corrected chi connectivity index (χ2v) is 19.5. The SMILES string of the molecule is COc1ccc([Si](C)(C)[C@H]2[C@H](CC(=O)N3Cc4ccccc4C[C@H]3CO)O[C@@]3(C(=O)Nc4ccc(N5C(=O)COc6ccccc65)cc43)[C@@H]2C)cc1. The normalized spacial score (nSPS) is 24.9. The van der Waals surface area contributed by atoms with E-state index in [4.69, 9.17) is 14.2 Å². The largest absolute Gasteiger partial charge is 0.497 e. The Balaban J connectivity index is 1.20. The fourth-order valence-electron chi connectivity index (χ4n) is 9.18. The van der Waals surface area contributed by atoms with Crippen LogP contribution in [0, 0.1) is 5.92 Å². The molecule has 0 bridgehead atoms. The van der Waals surface area contributed by atoms with Gasteiger partial charge in [-0.05, 0) is 65.6 Å². The Morgan fingerprint density at radius 3 is 2.48 bits per heavy atom. The van der Waals surface area contributed by atoms with Crippen molar-refractivity contribution >= 4 is 48.0 Å². The number of carbonyl (C=O) groups excluding carboxylic acids is 3. The minimum Gasteiger partial charge on any atom is -0.497 e. The maximum atomic E-state index is 14.5. The van der Waals surface area contributed by atoms with Gasteiger partial charge in [0.25, 0.3) is 11.8 Å². The molecular weight excluding hydrogens is 675 g/mol. The standard InChI is InChI=1S/C41H43N3O7Si/c1-25-39(52(3,4)31-16-14-30(49-2)15-17-31)36(21-37(46)43-22-27-10-6-5-9-26(27)19-29(43)23-45)51-41(25)32-20-28(13-18-33(32)42-40(41)48)44-34-11-7-8-12-35(34)50-24-38(44)47/h5-18,20,25,29,36,39,45H,19,21-24H2,1-4H3,(H,42,48)/t25-,29+,36+,39-,41+/m1/s1. The van der Waals surface area contributed by atoms with Crippen LogP contribution in [0.4, 0.5) is 17.1 Å². The van der Waals surface area contributed by atoms with Crippen LogP contribution < -0.4 is 24.9 Å². The summed E-state index contributed by atoms with van der Waals surface area (Å²) in [6.07, 6.45) is 0.0235. The first-order valence-electron chi connectivity index (χ1n) is 17.9. The van der Waals surface area contributed by atoms with Crippen LogP contribution >= 0.6 is 0 Å². The molecule has 4 aromatic carbocycles. The summed E-state index contributed by atoms with van der Waals surface area (Å²) in [5.74, 6) is 0.402. The van der Waals surface area contributed by atoms with Gasteiger partial charge >= 0.3 is 0 Å². The Labute approximate surface area is 304 Å². The van der Waals surface area contributed by atoms with E-state index in [0.717, 1.165) is 22.1 Å². The van der Waals surface area contributed by atoms with Gasteiger partial charge in [0.2, 0.25) is 5.91 Å². The molecule has 0 aliphatic carbocycles. The first kappa shape index (κ1) is 34.1. The van der Waals surface area contributed by atoms with E-state index >= 15 is 0 Å². The van der Waals surface area contributed by atoms with E-state index in [9.17, 15) is 19.5 Å². The molecule has 11 heteroatoms. The molecule has 4 heterocycles. The summed E-state index contributed by atoms with van der Waals surface area (Å²) in [6, 6.07) is 28.7. The van der Waals surface area contributed by atoms with Gasteiger partial charge in [-0.1, -0.05) is 73.7 Å². The van der Waals surface area contributed by atoms with Gasteiger partial charge in [0, 0.05) is 29.4 Å². The lowest BCUT2D eigenvalue weighted by Crippen LogP contribution is -2.52.